The number of primary amides is 1. The number of hydrogen-bond acceptors (Lipinski definition) is 2. The third kappa shape index (κ3) is 1.71. The molecule has 0 radical (unpaired) electrons. The molecule has 11 heavy (non-hydrogen) atoms. The first-order valence-corrected chi connectivity index (χ1v) is 4.16. The number of carbonyl (C=O) groups excluding carboxylic acids is 1. The Labute approximate surface area is 67.5 Å². The van der Waals surface area contributed by atoms with Crippen LogP contribution in [0.3, 0.4) is 0 Å². The van der Waals surface area contributed by atoms with Crippen LogP contribution in [0, 0.1) is 11.8 Å². The van der Waals surface area contributed by atoms with Crippen molar-refractivity contribution in [2.75, 3.05) is 19.6 Å². The van der Waals surface area contributed by atoms with Crippen LogP contribution >= 0.6 is 0 Å². The van der Waals surface area contributed by atoms with E-state index in [9.17, 15) is 4.79 Å². The van der Waals surface area contributed by atoms with Gasteiger partial charge in [0.1, 0.15) is 0 Å². The van der Waals surface area contributed by atoms with E-state index >= 15 is 0 Å². The highest BCUT2D eigenvalue weighted by Gasteiger charge is 2.32. The number of nitrogens with zero attached hydrogens (tertiary/aromatic N) is 1. The summed E-state index contributed by atoms with van der Waals surface area (Å²) in [5.41, 5.74) is 5.24. The van der Waals surface area contributed by atoms with Gasteiger partial charge in [0, 0.05) is 13.1 Å². The van der Waals surface area contributed by atoms with Crippen LogP contribution in [0.5, 0.6) is 0 Å². The molecule has 2 atom stereocenters. The van der Waals surface area contributed by atoms with Crippen LogP contribution in [0.25, 0.3) is 0 Å². The summed E-state index contributed by atoms with van der Waals surface area (Å²) in [6.45, 7) is 7.09. The van der Waals surface area contributed by atoms with Gasteiger partial charge >= 0.3 is 0 Å². The number of nitrogens with two attached hydrogens (primary N) is 1. The predicted octanol–water partition coefficient (Wildman–Crippen LogP) is 0.0595. The molecule has 1 amide bonds. The number of likely N-dealkylation sites (tertiary alicyclic amines) is 1. The van der Waals surface area contributed by atoms with E-state index in [2.05, 4.69) is 18.7 Å². The highest BCUT2D eigenvalue weighted by molar-refractivity contribution is 5.77. The minimum Gasteiger partial charge on any atom is -0.369 e. The molecule has 0 aromatic rings. The van der Waals surface area contributed by atoms with Crippen molar-refractivity contribution in [3.8, 4) is 0 Å². The Morgan fingerprint density at radius 3 is 2.55 bits per heavy atom. The zero-order chi connectivity index (χ0) is 8.43. The molecule has 0 saturated carbocycles. The van der Waals surface area contributed by atoms with Crippen molar-refractivity contribution in [2.24, 2.45) is 17.6 Å². The molecule has 0 spiro atoms. The Kier molecular flexibility index (Phi) is 2.49. The average molecular weight is 156 g/mol. The molecule has 2 N–H and O–H groups in total. The molecule has 64 valence electrons. The highest BCUT2D eigenvalue weighted by atomic mass is 16.1. The molecule has 0 unspecified atom stereocenters. The average Bonchev–Trinajstić information content (AvgIpc) is 2.30. The molecule has 1 aliphatic heterocycles. The molecule has 0 aliphatic carbocycles. The molecule has 1 rings (SSSR count). The van der Waals surface area contributed by atoms with Gasteiger partial charge in [-0.25, -0.2) is 0 Å². The second-order valence-corrected chi connectivity index (χ2v) is 3.34. The summed E-state index contributed by atoms with van der Waals surface area (Å²) in [5, 5.41) is 0. The van der Waals surface area contributed by atoms with Crippen LogP contribution in [0.4, 0.5) is 0 Å². The number of hydrogen-bond donors (Lipinski definition) is 1. The maximum absolute atomic E-state index is 10.9. The van der Waals surface area contributed by atoms with E-state index in [-0.39, 0.29) is 11.8 Å². The Bertz CT molecular complexity index is 158. The van der Waals surface area contributed by atoms with E-state index in [1.54, 1.807) is 0 Å². The largest absolute Gasteiger partial charge is 0.369 e. The second-order valence-electron chi connectivity index (χ2n) is 3.34. The molecule has 1 fully saturated rings. The van der Waals surface area contributed by atoms with Crippen LogP contribution in [-0.4, -0.2) is 30.4 Å². The molecule has 1 heterocycles. The molecular formula is C8H16N2O. The van der Waals surface area contributed by atoms with Gasteiger partial charge in [0.25, 0.3) is 0 Å². The lowest BCUT2D eigenvalue weighted by Crippen LogP contribution is -2.29. The highest BCUT2D eigenvalue weighted by Crippen LogP contribution is 2.21. The Morgan fingerprint density at radius 2 is 2.27 bits per heavy atom. The van der Waals surface area contributed by atoms with E-state index in [1.165, 1.54) is 0 Å². The van der Waals surface area contributed by atoms with Crippen molar-refractivity contribution in [3.05, 3.63) is 0 Å². The Hall–Kier alpha value is -0.570. The minimum atomic E-state index is -0.145. The van der Waals surface area contributed by atoms with Crippen LogP contribution in [0.15, 0.2) is 0 Å². The summed E-state index contributed by atoms with van der Waals surface area (Å²) >= 11 is 0. The van der Waals surface area contributed by atoms with Crippen molar-refractivity contribution in [1.29, 1.82) is 0 Å². The fourth-order valence-corrected chi connectivity index (χ4v) is 1.70. The van der Waals surface area contributed by atoms with Crippen molar-refractivity contribution in [2.45, 2.75) is 13.8 Å². The fourth-order valence-electron chi connectivity index (χ4n) is 1.70. The zero-order valence-corrected chi connectivity index (χ0v) is 7.21. The molecule has 0 bridgehead atoms. The van der Waals surface area contributed by atoms with Gasteiger partial charge in [0.15, 0.2) is 0 Å². The molecule has 1 aliphatic rings. The van der Waals surface area contributed by atoms with Gasteiger partial charge in [-0.1, -0.05) is 13.8 Å². The quantitative estimate of drug-likeness (QED) is 0.614. The van der Waals surface area contributed by atoms with Gasteiger partial charge in [-0.05, 0) is 12.5 Å². The third-order valence-corrected chi connectivity index (χ3v) is 2.50. The summed E-state index contributed by atoms with van der Waals surface area (Å²) in [4.78, 5) is 13.1. The molecular weight excluding hydrogens is 140 g/mol. The van der Waals surface area contributed by atoms with Crippen molar-refractivity contribution in [1.82, 2.24) is 4.90 Å². The first kappa shape index (κ1) is 8.53. The van der Waals surface area contributed by atoms with Gasteiger partial charge in [-0.15, -0.1) is 0 Å². The SMILES string of the molecule is CCN1C[C@@H](C)[C@H](C(N)=O)C1. The normalized spacial score (nSPS) is 32.5. The van der Waals surface area contributed by atoms with E-state index in [0.29, 0.717) is 5.92 Å². The minimum absolute atomic E-state index is 0.0787. The Morgan fingerprint density at radius 1 is 1.64 bits per heavy atom. The summed E-state index contributed by atoms with van der Waals surface area (Å²) in [7, 11) is 0. The van der Waals surface area contributed by atoms with Crippen LogP contribution in [0.2, 0.25) is 0 Å². The maximum atomic E-state index is 10.9. The lowest BCUT2D eigenvalue weighted by Gasteiger charge is -2.10. The Balaban J connectivity index is 2.51. The second kappa shape index (κ2) is 3.22. The van der Waals surface area contributed by atoms with Crippen LogP contribution in [-0.2, 0) is 4.79 Å². The lowest BCUT2D eigenvalue weighted by molar-refractivity contribution is -0.122. The van der Waals surface area contributed by atoms with E-state index in [4.69, 9.17) is 5.73 Å². The third-order valence-electron chi connectivity index (χ3n) is 2.50. The standard InChI is InChI=1S/C8H16N2O/c1-3-10-4-6(2)7(5-10)8(9)11/h6-7H,3-5H2,1-2H3,(H2,9,11)/t6-,7-/m1/s1. The molecule has 0 aromatic heterocycles. The summed E-state index contributed by atoms with van der Waals surface area (Å²) in [6, 6.07) is 0. The summed E-state index contributed by atoms with van der Waals surface area (Å²) in [5.74, 6) is 0.371. The zero-order valence-electron chi connectivity index (χ0n) is 7.21. The van der Waals surface area contributed by atoms with Gasteiger partial charge in [-0.3, -0.25) is 4.79 Å². The first-order chi connectivity index (χ1) is 5.15. The van der Waals surface area contributed by atoms with Gasteiger partial charge < -0.3 is 10.6 Å². The van der Waals surface area contributed by atoms with Crippen molar-refractivity contribution in [3.63, 3.8) is 0 Å². The van der Waals surface area contributed by atoms with E-state index in [0.717, 1.165) is 19.6 Å². The molecule has 0 aromatic carbocycles. The molecule has 1 saturated heterocycles. The fraction of sp³-hybridized carbons (Fsp3) is 0.875. The first-order valence-electron chi connectivity index (χ1n) is 4.16. The van der Waals surface area contributed by atoms with Gasteiger partial charge in [0.2, 0.25) is 5.91 Å². The van der Waals surface area contributed by atoms with Crippen LogP contribution in [0.1, 0.15) is 13.8 Å². The smallest absolute Gasteiger partial charge is 0.222 e. The molecule has 3 heteroatoms. The van der Waals surface area contributed by atoms with Crippen molar-refractivity contribution >= 4 is 5.91 Å². The van der Waals surface area contributed by atoms with Gasteiger partial charge in [-0.2, -0.15) is 0 Å². The topological polar surface area (TPSA) is 46.3 Å². The monoisotopic (exact) mass is 156 g/mol. The summed E-state index contributed by atoms with van der Waals surface area (Å²) < 4.78 is 0. The predicted molar refractivity (Wildman–Crippen MR) is 44.0 cm³/mol. The van der Waals surface area contributed by atoms with Crippen molar-refractivity contribution < 1.29 is 4.79 Å². The number of carbonyl (C=O) groups is 1. The summed E-state index contributed by atoms with van der Waals surface area (Å²) in [6.07, 6.45) is 0. The lowest BCUT2D eigenvalue weighted by atomic mass is 9.98. The van der Waals surface area contributed by atoms with Crippen LogP contribution < -0.4 is 5.73 Å². The maximum Gasteiger partial charge on any atom is 0.222 e. The number of amides is 1. The number of rotatable bonds is 2. The van der Waals surface area contributed by atoms with E-state index < -0.39 is 0 Å². The molecule has 3 nitrogen and oxygen atoms in total. The van der Waals surface area contributed by atoms with Gasteiger partial charge in [0.05, 0.1) is 5.92 Å². The van der Waals surface area contributed by atoms with E-state index in [1.807, 2.05) is 0 Å².